The molecule has 0 bridgehead atoms. The molecule has 5 heteroatoms. The van der Waals surface area contributed by atoms with E-state index in [-0.39, 0.29) is 5.82 Å². The summed E-state index contributed by atoms with van der Waals surface area (Å²) < 4.78 is 14.0. The molecular weight excluding hydrogens is 163 g/mol. The van der Waals surface area contributed by atoms with Crippen molar-refractivity contribution in [1.29, 1.82) is 0 Å². The van der Waals surface area contributed by atoms with Crippen molar-refractivity contribution in [3.05, 3.63) is 24.0 Å². The first-order valence-electron chi connectivity index (χ1n) is 3.19. The number of aryl methyl sites for hydroxylation is 1. The quantitative estimate of drug-likeness (QED) is 0.668. The number of halogens is 1. The summed E-state index contributed by atoms with van der Waals surface area (Å²) in [6.07, 6.45) is 3.92. The van der Waals surface area contributed by atoms with E-state index in [2.05, 4.69) is 4.98 Å². The second kappa shape index (κ2) is 3.17. The zero-order chi connectivity index (χ0) is 9.14. The van der Waals surface area contributed by atoms with Crippen molar-refractivity contribution < 1.29 is 14.3 Å². The van der Waals surface area contributed by atoms with Crippen LogP contribution in [0.5, 0.6) is 0 Å². The molecule has 0 atom stereocenters. The maximum atomic E-state index is 12.5. The van der Waals surface area contributed by atoms with Gasteiger partial charge >= 0.3 is 5.97 Å². The molecule has 0 amide bonds. The molecule has 0 aliphatic carbocycles. The minimum atomic E-state index is -1.59. The zero-order valence-corrected chi connectivity index (χ0v) is 6.36. The van der Waals surface area contributed by atoms with Crippen LogP contribution < -0.4 is 0 Å². The Balaban J connectivity index is 2.95. The molecule has 1 rings (SSSR count). The highest BCUT2D eigenvalue weighted by molar-refractivity contribution is 5.88. The molecule has 1 aromatic heterocycles. The number of carboxylic acid groups (broad SMARTS) is 1. The number of rotatable bonds is 2. The van der Waals surface area contributed by atoms with Crippen LogP contribution in [-0.4, -0.2) is 20.6 Å². The van der Waals surface area contributed by atoms with Crippen LogP contribution in [0.1, 0.15) is 5.82 Å². The van der Waals surface area contributed by atoms with Crippen LogP contribution >= 0.6 is 0 Å². The number of aromatic nitrogens is 2. The summed E-state index contributed by atoms with van der Waals surface area (Å²) in [6, 6.07) is 0. The molecule has 4 nitrogen and oxygen atoms in total. The largest absolute Gasteiger partial charge is 0.476 e. The molecule has 0 spiro atoms. The predicted octanol–water partition coefficient (Wildman–Crippen LogP) is 0.815. The molecule has 1 heterocycles. The highest BCUT2D eigenvalue weighted by atomic mass is 19.1. The molecule has 0 aliphatic rings. The average molecular weight is 170 g/mol. The fourth-order valence-corrected chi connectivity index (χ4v) is 0.691. The van der Waals surface area contributed by atoms with E-state index in [1.165, 1.54) is 10.8 Å². The van der Waals surface area contributed by atoms with Gasteiger partial charge in [0.05, 0.1) is 0 Å². The number of aliphatic carboxylic acids is 1. The molecule has 64 valence electrons. The zero-order valence-electron chi connectivity index (χ0n) is 6.36. The Morgan fingerprint density at radius 2 is 2.50 bits per heavy atom. The van der Waals surface area contributed by atoms with Crippen LogP contribution in [0.4, 0.5) is 4.39 Å². The summed E-state index contributed by atoms with van der Waals surface area (Å²) in [7, 11) is 1.65. The van der Waals surface area contributed by atoms with E-state index in [0.717, 1.165) is 6.08 Å². The molecular formula is C7H7FN2O2. The number of carboxylic acids is 1. The number of carbonyl (C=O) groups is 1. The Bertz CT molecular complexity index is 330. The number of nitrogens with zero attached hydrogens (tertiary/aromatic N) is 2. The van der Waals surface area contributed by atoms with Gasteiger partial charge in [-0.25, -0.2) is 9.78 Å². The normalized spacial score (nSPS) is 11.7. The minimum absolute atomic E-state index is 0.273. The van der Waals surface area contributed by atoms with E-state index in [1.807, 2.05) is 0 Å². The summed E-state index contributed by atoms with van der Waals surface area (Å²) >= 11 is 0. The molecule has 0 aromatic carbocycles. The van der Waals surface area contributed by atoms with E-state index in [0.29, 0.717) is 0 Å². The predicted molar refractivity (Wildman–Crippen MR) is 39.9 cm³/mol. The maximum Gasteiger partial charge on any atom is 0.364 e. The van der Waals surface area contributed by atoms with Gasteiger partial charge in [-0.05, 0) is 0 Å². The third-order valence-corrected chi connectivity index (χ3v) is 1.32. The van der Waals surface area contributed by atoms with Crippen molar-refractivity contribution in [2.75, 3.05) is 0 Å². The van der Waals surface area contributed by atoms with Crippen molar-refractivity contribution in [1.82, 2.24) is 9.55 Å². The van der Waals surface area contributed by atoms with Gasteiger partial charge in [-0.1, -0.05) is 0 Å². The molecule has 12 heavy (non-hydrogen) atoms. The van der Waals surface area contributed by atoms with Gasteiger partial charge in [0.1, 0.15) is 5.82 Å². The first kappa shape index (κ1) is 8.45. The monoisotopic (exact) mass is 170 g/mol. The fourth-order valence-electron chi connectivity index (χ4n) is 0.691. The Morgan fingerprint density at radius 1 is 1.83 bits per heavy atom. The smallest absolute Gasteiger partial charge is 0.364 e. The molecule has 0 aliphatic heterocycles. The summed E-state index contributed by atoms with van der Waals surface area (Å²) in [5.74, 6) is -2.53. The van der Waals surface area contributed by atoms with Crippen LogP contribution in [0.3, 0.4) is 0 Å². The lowest BCUT2D eigenvalue weighted by atomic mass is 10.4. The molecule has 0 radical (unpaired) electrons. The summed E-state index contributed by atoms with van der Waals surface area (Å²) in [5, 5.41) is 8.19. The number of hydrogen-bond donors (Lipinski definition) is 1. The van der Waals surface area contributed by atoms with Gasteiger partial charge in [-0.15, -0.1) is 0 Å². The van der Waals surface area contributed by atoms with Crippen LogP contribution in [0.2, 0.25) is 0 Å². The average Bonchev–Trinajstić information content (AvgIpc) is 2.36. The Morgan fingerprint density at radius 3 is 2.92 bits per heavy atom. The molecule has 0 saturated heterocycles. The second-order valence-corrected chi connectivity index (χ2v) is 2.19. The highest BCUT2D eigenvalue weighted by Crippen LogP contribution is 2.04. The molecule has 0 unspecified atom stereocenters. The van der Waals surface area contributed by atoms with Gasteiger partial charge in [0.25, 0.3) is 0 Å². The van der Waals surface area contributed by atoms with E-state index in [4.69, 9.17) is 5.11 Å². The van der Waals surface area contributed by atoms with Crippen molar-refractivity contribution in [3.8, 4) is 0 Å². The summed E-state index contributed by atoms with van der Waals surface area (Å²) in [4.78, 5) is 13.8. The number of imidazole rings is 1. The fraction of sp³-hybridized carbons (Fsp3) is 0.143. The standard InChI is InChI=1S/C7H7FN2O2/c1-10-3-2-9-6(10)4-5(8)7(11)12/h2-4H,1H3,(H,11,12)/b5-4-. The third kappa shape index (κ3) is 1.69. The second-order valence-electron chi connectivity index (χ2n) is 2.19. The van der Waals surface area contributed by atoms with Gasteiger partial charge in [-0.2, -0.15) is 4.39 Å². The van der Waals surface area contributed by atoms with Crippen LogP contribution in [0.15, 0.2) is 18.2 Å². The van der Waals surface area contributed by atoms with E-state index in [9.17, 15) is 9.18 Å². The van der Waals surface area contributed by atoms with Crippen molar-refractivity contribution in [2.45, 2.75) is 0 Å². The summed E-state index contributed by atoms with van der Waals surface area (Å²) in [5.41, 5.74) is 0. The van der Waals surface area contributed by atoms with E-state index in [1.54, 1.807) is 13.2 Å². The van der Waals surface area contributed by atoms with Gasteiger partial charge in [-0.3, -0.25) is 0 Å². The highest BCUT2D eigenvalue weighted by Gasteiger charge is 2.06. The first-order chi connectivity index (χ1) is 5.61. The van der Waals surface area contributed by atoms with Gasteiger partial charge in [0.2, 0.25) is 5.83 Å². The lowest BCUT2D eigenvalue weighted by molar-refractivity contribution is -0.134. The Labute approximate surface area is 68.0 Å². The van der Waals surface area contributed by atoms with Crippen molar-refractivity contribution in [3.63, 3.8) is 0 Å². The van der Waals surface area contributed by atoms with Crippen LogP contribution in [0.25, 0.3) is 6.08 Å². The first-order valence-corrected chi connectivity index (χ1v) is 3.19. The molecule has 0 fully saturated rings. The van der Waals surface area contributed by atoms with Crippen molar-refractivity contribution in [2.24, 2.45) is 7.05 Å². The van der Waals surface area contributed by atoms with Gasteiger partial charge in [0, 0.05) is 25.5 Å². The topological polar surface area (TPSA) is 55.1 Å². The summed E-state index contributed by atoms with van der Waals surface area (Å²) in [6.45, 7) is 0. The molecule has 1 aromatic rings. The van der Waals surface area contributed by atoms with E-state index < -0.39 is 11.8 Å². The van der Waals surface area contributed by atoms with E-state index >= 15 is 0 Å². The van der Waals surface area contributed by atoms with Gasteiger partial charge in [0.15, 0.2) is 0 Å². The molecule has 0 saturated carbocycles. The SMILES string of the molecule is Cn1ccnc1/C=C(\F)C(=O)O. The Hall–Kier alpha value is -1.65. The lowest BCUT2D eigenvalue weighted by Crippen LogP contribution is -1.97. The van der Waals surface area contributed by atoms with Gasteiger partial charge < -0.3 is 9.67 Å². The van der Waals surface area contributed by atoms with Crippen LogP contribution in [0, 0.1) is 0 Å². The van der Waals surface area contributed by atoms with Crippen LogP contribution in [-0.2, 0) is 11.8 Å². The minimum Gasteiger partial charge on any atom is -0.476 e. The lowest BCUT2D eigenvalue weighted by Gasteiger charge is -1.93. The number of hydrogen-bond acceptors (Lipinski definition) is 2. The third-order valence-electron chi connectivity index (χ3n) is 1.32. The maximum absolute atomic E-state index is 12.5. The molecule has 1 N–H and O–H groups in total. The van der Waals surface area contributed by atoms with Crippen molar-refractivity contribution >= 4 is 12.0 Å². The Kier molecular flexibility index (Phi) is 2.23.